The molecule has 114 valence electrons. The lowest BCUT2D eigenvalue weighted by molar-refractivity contribution is 0.438. The SMILES string of the molecule is C#Cc1ccc(CCCC(=S)C2CCCCC2)cc1C#CC. The third-order valence-electron chi connectivity index (χ3n) is 4.45. The molecule has 0 amide bonds. The summed E-state index contributed by atoms with van der Waals surface area (Å²) in [6, 6.07) is 6.27. The van der Waals surface area contributed by atoms with Gasteiger partial charge in [0, 0.05) is 11.1 Å². The van der Waals surface area contributed by atoms with Gasteiger partial charge in [0.15, 0.2) is 0 Å². The second-order valence-electron chi connectivity index (χ2n) is 6.05. The fourth-order valence-electron chi connectivity index (χ4n) is 3.21. The van der Waals surface area contributed by atoms with Crippen LogP contribution in [0.5, 0.6) is 0 Å². The number of thiocarbonyl (C=S) groups is 1. The van der Waals surface area contributed by atoms with E-state index in [9.17, 15) is 0 Å². The Hall–Kier alpha value is -1.57. The highest BCUT2D eigenvalue weighted by molar-refractivity contribution is 7.80. The van der Waals surface area contributed by atoms with Crippen LogP contribution in [0.4, 0.5) is 0 Å². The molecule has 0 N–H and O–H groups in total. The van der Waals surface area contributed by atoms with E-state index in [4.69, 9.17) is 18.6 Å². The highest BCUT2D eigenvalue weighted by Crippen LogP contribution is 2.26. The number of rotatable bonds is 5. The number of hydrogen-bond acceptors (Lipinski definition) is 1. The first kappa shape index (κ1) is 16.8. The molecule has 0 radical (unpaired) electrons. The minimum absolute atomic E-state index is 0.703. The largest absolute Gasteiger partial charge is 0.115 e. The Labute approximate surface area is 140 Å². The quantitative estimate of drug-likeness (QED) is 0.524. The van der Waals surface area contributed by atoms with E-state index in [0.717, 1.165) is 30.4 Å². The summed E-state index contributed by atoms with van der Waals surface area (Å²) in [6.07, 6.45) is 15.5. The van der Waals surface area contributed by atoms with E-state index in [0.29, 0.717) is 5.92 Å². The summed E-state index contributed by atoms with van der Waals surface area (Å²) >= 11 is 5.65. The van der Waals surface area contributed by atoms with E-state index < -0.39 is 0 Å². The Bertz CT molecular complexity index is 616. The summed E-state index contributed by atoms with van der Waals surface area (Å²) in [7, 11) is 0. The van der Waals surface area contributed by atoms with Gasteiger partial charge in [0.2, 0.25) is 0 Å². The molecule has 1 aromatic carbocycles. The molecule has 0 aliphatic heterocycles. The van der Waals surface area contributed by atoms with Crippen molar-refractivity contribution < 1.29 is 0 Å². The lowest BCUT2D eigenvalue weighted by Gasteiger charge is -2.22. The van der Waals surface area contributed by atoms with Gasteiger partial charge in [-0.25, -0.2) is 0 Å². The molecule has 1 aliphatic carbocycles. The fourth-order valence-corrected chi connectivity index (χ4v) is 3.59. The molecule has 1 aromatic rings. The van der Waals surface area contributed by atoms with Crippen LogP contribution >= 0.6 is 12.2 Å². The molecule has 2 rings (SSSR count). The third kappa shape index (κ3) is 4.72. The summed E-state index contributed by atoms with van der Waals surface area (Å²) < 4.78 is 0. The van der Waals surface area contributed by atoms with Gasteiger partial charge in [-0.1, -0.05) is 49.4 Å². The Balaban J connectivity index is 1.88. The molecule has 0 spiro atoms. The zero-order chi connectivity index (χ0) is 15.8. The summed E-state index contributed by atoms with van der Waals surface area (Å²) in [5.41, 5.74) is 3.16. The minimum Gasteiger partial charge on any atom is -0.115 e. The Morgan fingerprint density at radius 3 is 2.68 bits per heavy atom. The van der Waals surface area contributed by atoms with Crippen LogP contribution in [0.1, 0.15) is 68.6 Å². The van der Waals surface area contributed by atoms with Crippen molar-refractivity contribution in [3.05, 3.63) is 34.9 Å². The summed E-state index contributed by atoms with van der Waals surface area (Å²) in [5, 5.41) is 0. The predicted molar refractivity (Wildman–Crippen MR) is 99.0 cm³/mol. The summed E-state index contributed by atoms with van der Waals surface area (Å²) in [4.78, 5) is 1.30. The first-order valence-corrected chi connectivity index (χ1v) is 8.70. The van der Waals surface area contributed by atoms with Gasteiger partial charge in [0.1, 0.15) is 0 Å². The van der Waals surface area contributed by atoms with Gasteiger partial charge in [0.05, 0.1) is 0 Å². The second-order valence-corrected chi connectivity index (χ2v) is 6.58. The van der Waals surface area contributed by atoms with E-state index in [2.05, 4.69) is 29.9 Å². The average molecular weight is 308 g/mol. The maximum absolute atomic E-state index is 5.65. The van der Waals surface area contributed by atoms with Crippen molar-refractivity contribution in [2.75, 3.05) is 0 Å². The van der Waals surface area contributed by atoms with Crippen molar-refractivity contribution in [2.24, 2.45) is 5.92 Å². The number of benzene rings is 1. The van der Waals surface area contributed by atoms with E-state index >= 15 is 0 Å². The molecule has 1 saturated carbocycles. The molecule has 22 heavy (non-hydrogen) atoms. The van der Waals surface area contributed by atoms with Crippen LogP contribution in [0.25, 0.3) is 0 Å². The lowest BCUT2D eigenvalue weighted by Crippen LogP contribution is -2.15. The van der Waals surface area contributed by atoms with Crippen molar-refractivity contribution >= 4 is 17.1 Å². The van der Waals surface area contributed by atoms with Gasteiger partial charge < -0.3 is 0 Å². The zero-order valence-electron chi connectivity index (χ0n) is 13.5. The molecule has 0 saturated heterocycles. The standard InChI is InChI=1S/C21H24S/c1-3-9-20-16-17(14-15-18(20)4-2)10-8-13-21(22)19-11-6-5-7-12-19/h2,14-16,19H,5-8,10-13H2,1H3. The molecule has 0 unspecified atom stereocenters. The van der Waals surface area contributed by atoms with E-state index in [1.54, 1.807) is 0 Å². The number of aryl methyl sites for hydroxylation is 1. The maximum atomic E-state index is 5.65. The highest BCUT2D eigenvalue weighted by Gasteiger charge is 2.17. The first-order chi connectivity index (χ1) is 10.7. The highest BCUT2D eigenvalue weighted by atomic mass is 32.1. The van der Waals surface area contributed by atoms with Crippen LogP contribution in [-0.4, -0.2) is 4.86 Å². The van der Waals surface area contributed by atoms with Crippen molar-refractivity contribution in [3.8, 4) is 24.2 Å². The van der Waals surface area contributed by atoms with Crippen molar-refractivity contribution in [3.63, 3.8) is 0 Å². The van der Waals surface area contributed by atoms with Crippen molar-refractivity contribution in [1.82, 2.24) is 0 Å². The van der Waals surface area contributed by atoms with Crippen LogP contribution in [0.15, 0.2) is 18.2 Å². The van der Waals surface area contributed by atoms with Crippen LogP contribution in [0.3, 0.4) is 0 Å². The topological polar surface area (TPSA) is 0 Å². The lowest BCUT2D eigenvalue weighted by atomic mass is 9.85. The van der Waals surface area contributed by atoms with Crippen LogP contribution < -0.4 is 0 Å². The smallest absolute Gasteiger partial charge is 0.0404 e. The molecule has 1 heteroatoms. The van der Waals surface area contributed by atoms with Crippen molar-refractivity contribution in [1.29, 1.82) is 0 Å². The van der Waals surface area contributed by atoms with Gasteiger partial charge in [0.25, 0.3) is 0 Å². The van der Waals surface area contributed by atoms with E-state index in [-0.39, 0.29) is 0 Å². The number of hydrogen-bond donors (Lipinski definition) is 0. The molecule has 0 bridgehead atoms. The molecule has 0 nitrogen and oxygen atoms in total. The normalized spacial score (nSPS) is 14.7. The molecular formula is C21H24S. The first-order valence-electron chi connectivity index (χ1n) is 8.29. The molecule has 0 aromatic heterocycles. The molecule has 1 fully saturated rings. The molecule has 0 atom stereocenters. The van der Waals surface area contributed by atoms with E-state index in [1.807, 2.05) is 13.0 Å². The Morgan fingerprint density at radius 2 is 2.00 bits per heavy atom. The fraction of sp³-hybridized carbons (Fsp3) is 0.476. The minimum atomic E-state index is 0.703. The predicted octanol–water partition coefficient (Wildman–Crippen LogP) is 5.31. The Kier molecular flexibility index (Phi) is 6.70. The summed E-state index contributed by atoms with van der Waals surface area (Å²) in [5.74, 6) is 9.44. The Morgan fingerprint density at radius 1 is 1.23 bits per heavy atom. The zero-order valence-corrected chi connectivity index (χ0v) is 14.3. The van der Waals surface area contributed by atoms with Gasteiger partial charge in [-0.2, -0.15) is 0 Å². The van der Waals surface area contributed by atoms with Gasteiger partial charge in [-0.15, -0.1) is 12.3 Å². The second kappa shape index (κ2) is 8.77. The average Bonchev–Trinajstić information content (AvgIpc) is 2.56. The maximum Gasteiger partial charge on any atom is 0.0404 e. The number of terminal acetylenes is 1. The van der Waals surface area contributed by atoms with Crippen molar-refractivity contribution in [2.45, 2.75) is 58.3 Å². The summed E-state index contributed by atoms with van der Waals surface area (Å²) in [6.45, 7) is 1.84. The monoisotopic (exact) mass is 308 g/mol. The van der Waals surface area contributed by atoms with Gasteiger partial charge in [-0.05, 0) is 67.5 Å². The third-order valence-corrected chi connectivity index (χ3v) is 4.99. The van der Waals surface area contributed by atoms with Gasteiger partial charge in [-0.3, -0.25) is 0 Å². The molecule has 0 heterocycles. The van der Waals surface area contributed by atoms with Crippen LogP contribution in [-0.2, 0) is 6.42 Å². The van der Waals surface area contributed by atoms with Crippen LogP contribution in [0, 0.1) is 30.1 Å². The molecular weight excluding hydrogens is 284 g/mol. The van der Waals surface area contributed by atoms with E-state index in [1.165, 1.54) is 42.5 Å². The van der Waals surface area contributed by atoms with Gasteiger partial charge >= 0.3 is 0 Å². The molecule has 1 aliphatic rings. The van der Waals surface area contributed by atoms with Crippen LogP contribution in [0.2, 0.25) is 0 Å².